The van der Waals surface area contributed by atoms with E-state index in [9.17, 15) is 0 Å². The van der Waals surface area contributed by atoms with Gasteiger partial charge in [0.1, 0.15) is 0 Å². The molecule has 1 fully saturated rings. The molecule has 1 aliphatic carbocycles. The second-order valence-corrected chi connectivity index (χ2v) is 6.05. The van der Waals surface area contributed by atoms with E-state index >= 15 is 0 Å². The van der Waals surface area contributed by atoms with Crippen molar-refractivity contribution >= 4 is 17.3 Å². The van der Waals surface area contributed by atoms with Crippen LogP contribution in [0.1, 0.15) is 35.6 Å². The molecule has 0 aromatic heterocycles. The molecule has 1 atom stereocenters. The Hall–Kier alpha value is -1.87. The minimum Gasteiger partial charge on any atom is -0.360 e. The van der Waals surface area contributed by atoms with Crippen molar-refractivity contribution in [3.05, 3.63) is 71.3 Å². The van der Waals surface area contributed by atoms with Gasteiger partial charge in [-0.05, 0) is 43.1 Å². The minimum absolute atomic E-state index is 0.0885. The van der Waals surface area contributed by atoms with Crippen molar-refractivity contribution in [2.45, 2.75) is 31.8 Å². The van der Waals surface area contributed by atoms with Gasteiger partial charge in [-0.1, -0.05) is 60.2 Å². The van der Waals surface area contributed by atoms with Crippen molar-refractivity contribution in [1.82, 2.24) is 10.6 Å². The molecular weight excluding hydrogens is 276 g/mol. The Morgan fingerprint density at radius 2 is 1.62 bits per heavy atom. The molecule has 21 heavy (non-hydrogen) atoms. The molecule has 2 aromatic carbocycles. The molecule has 0 radical (unpaired) electrons. The second-order valence-electron chi connectivity index (χ2n) is 5.65. The van der Waals surface area contributed by atoms with E-state index in [0.717, 1.165) is 5.11 Å². The van der Waals surface area contributed by atoms with Gasteiger partial charge in [0.05, 0.1) is 6.04 Å². The average Bonchev–Trinajstić information content (AvgIpc) is 3.31. The summed E-state index contributed by atoms with van der Waals surface area (Å²) < 4.78 is 0. The average molecular weight is 296 g/mol. The van der Waals surface area contributed by atoms with E-state index in [1.165, 1.54) is 29.5 Å². The zero-order valence-corrected chi connectivity index (χ0v) is 13.0. The summed E-state index contributed by atoms with van der Waals surface area (Å²) in [6, 6.07) is 19.7. The number of thiocarbonyl (C=S) groups is 1. The van der Waals surface area contributed by atoms with E-state index in [4.69, 9.17) is 12.2 Å². The maximum Gasteiger partial charge on any atom is 0.167 e. The van der Waals surface area contributed by atoms with Gasteiger partial charge >= 0.3 is 0 Å². The smallest absolute Gasteiger partial charge is 0.167 e. The predicted octanol–water partition coefficient (Wildman–Crippen LogP) is 3.71. The Kier molecular flexibility index (Phi) is 4.20. The molecular formula is C18H20N2S. The highest BCUT2D eigenvalue weighted by Crippen LogP contribution is 2.23. The van der Waals surface area contributed by atoms with Gasteiger partial charge in [0, 0.05) is 6.04 Å². The fourth-order valence-corrected chi connectivity index (χ4v) is 2.63. The van der Waals surface area contributed by atoms with Crippen molar-refractivity contribution in [3.8, 4) is 0 Å². The quantitative estimate of drug-likeness (QED) is 0.841. The molecule has 3 heteroatoms. The van der Waals surface area contributed by atoms with Crippen LogP contribution in [-0.4, -0.2) is 11.2 Å². The van der Waals surface area contributed by atoms with E-state index in [0.29, 0.717) is 6.04 Å². The third-order valence-electron chi connectivity index (χ3n) is 3.73. The molecule has 0 heterocycles. The molecule has 1 aliphatic rings. The summed E-state index contributed by atoms with van der Waals surface area (Å²) in [5, 5.41) is 7.56. The summed E-state index contributed by atoms with van der Waals surface area (Å²) in [7, 11) is 0. The second kappa shape index (κ2) is 6.27. The first-order valence-electron chi connectivity index (χ1n) is 7.41. The molecule has 0 amide bonds. The normalized spacial score (nSPS) is 15.3. The SMILES string of the molecule is Cc1ccc([C@H](NC(=S)NC2CC2)c2ccccc2)cc1. The first-order valence-corrected chi connectivity index (χ1v) is 7.82. The molecule has 0 saturated heterocycles. The van der Waals surface area contributed by atoms with Crippen molar-refractivity contribution in [2.75, 3.05) is 0 Å². The molecule has 0 bridgehead atoms. The molecule has 0 unspecified atom stereocenters. The van der Waals surface area contributed by atoms with Gasteiger partial charge in [0.2, 0.25) is 0 Å². The van der Waals surface area contributed by atoms with E-state index < -0.39 is 0 Å². The largest absolute Gasteiger partial charge is 0.360 e. The van der Waals surface area contributed by atoms with Crippen LogP contribution in [0.3, 0.4) is 0 Å². The number of aryl methyl sites for hydroxylation is 1. The fraction of sp³-hybridized carbons (Fsp3) is 0.278. The molecule has 2 aromatic rings. The zero-order chi connectivity index (χ0) is 14.7. The first kappa shape index (κ1) is 14.1. The Morgan fingerprint density at radius 1 is 1.00 bits per heavy atom. The van der Waals surface area contributed by atoms with Gasteiger partial charge in [-0.25, -0.2) is 0 Å². The van der Waals surface area contributed by atoms with Crippen LogP contribution in [0.2, 0.25) is 0 Å². The molecule has 0 spiro atoms. The highest BCUT2D eigenvalue weighted by Gasteiger charge is 2.23. The lowest BCUT2D eigenvalue weighted by Gasteiger charge is -2.22. The number of rotatable bonds is 4. The Labute approximate surface area is 131 Å². The summed E-state index contributed by atoms with van der Waals surface area (Å²) in [5.41, 5.74) is 3.72. The highest BCUT2D eigenvalue weighted by atomic mass is 32.1. The minimum atomic E-state index is 0.0885. The standard InChI is InChI=1S/C18H20N2S/c1-13-7-9-15(10-8-13)17(14-5-3-2-4-6-14)20-18(21)19-16-11-12-16/h2-10,16-17H,11-12H2,1H3,(H2,19,20,21)/t17-/m1/s1. The van der Waals surface area contributed by atoms with E-state index in [2.05, 4.69) is 66.1 Å². The molecule has 0 aliphatic heterocycles. The van der Waals surface area contributed by atoms with Gasteiger partial charge in [-0.15, -0.1) is 0 Å². The number of hydrogen-bond donors (Lipinski definition) is 2. The van der Waals surface area contributed by atoms with Crippen molar-refractivity contribution in [1.29, 1.82) is 0 Å². The van der Waals surface area contributed by atoms with Crippen LogP contribution in [0.5, 0.6) is 0 Å². The molecule has 2 N–H and O–H groups in total. The van der Waals surface area contributed by atoms with E-state index in [1.54, 1.807) is 0 Å². The van der Waals surface area contributed by atoms with Crippen LogP contribution in [-0.2, 0) is 0 Å². The van der Waals surface area contributed by atoms with Gasteiger partial charge in [-0.3, -0.25) is 0 Å². The Morgan fingerprint density at radius 3 is 2.24 bits per heavy atom. The number of nitrogens with one attached hydrogen (secondary N) is 2. The maximum absolute atomic E-state index is 5.45. The van der Waals surface area contributed by atoms with E-state index in [1.807, 2.05) is 6.07 Å². The van der Waals surface area contributed by atoms with Gasteiger partial charge in [0.15, 0.2) is 5.11 Å². The molecule has 3 rings (SSSR count). The van der Waals surface area contributed by atoms with Crippen LogP contribution in [0.4, 0.5) is 0 Å². The third kappa shape index (κ3) is 3.82. The Bertz CT molecular complexity index is 603. The lowest BCUT2D eigenvalue weighted by molar-refractivity contribution is 0.734. The van der Waals surface area contributed by atoms with Crippen LogP contribution < -0.4 is 10.6 Å². The number of hydrogen-bond acceptors (Lipinski definition) is 1. The third-order valence-corrected chi connectivity index (χ3v) is 3.97. The van der Waals surface area contributed by atoms with Crippen LogP contribution in [0.25, 0.3) is 0 Å². The lowest BCUT2D eigenvalue weighted by Crippen LogP contribution is -2.39. The number of benzene rings is 2. The lowest BCUT2D eigenvalue weighted by atomic mass is 9.98. The summed E-state index contributed by atoms with van der Waals surface area (Å²) in [4.78, 5) is 0. The topological polar surface area (TPSA) is 24.1 Å². The van der Waals surface area contributed by atoms with Crippen LogP contribution >= 0.6 is 12.2 Å². The van der Waals surface area contributed by atoms with Gasteiger partial charge < -0.3 is 10.6 Å². The fourth-order valence-electron chi connectivity index (χ4n) is 2.35. The highest BCUT2D eigenvalue weighted by molar-refractivity contribution is 7.80. The van der Waals surface area contributed by atoms with Gasteiger partial charge in [0.25, 0.3) is 0 Å². The monoisotopic (exact) mass is 296 g/mol. The zero-order valence-electron chi connectivity index (χ0n) is 12.2. The van der Waals surface area contributed by atoms with Crippen molar-refractivity contribution in [3.63, 3.8) is 0 Å². The molecule has 2 nitrogen and oxygen atoms in total. The van der Waals surface area contributed by atoms with Crippen LogP contribution in [0.15, 0.2) is 54.6 Å². The predicted molar refractivity (Wildman–Crippen MR) is 91.4 cm³/mol. The Balaban J connectivity index is 1.83. The summed E-state index contributed by atoms with van der Waals surface area (Å²) in [6.45, 7) is 2.11. The summed E-state index contributed by atoms with van der Waals surface area (Å²) >= 11 is 5.45. The first-order chi connectivity index (χ1) is 10.2. The molecule has 1 saturated carbocycles. The summed E-state index contributed by atoms with van der Waals surface area (Å²) in [5.74, 6) is 0. The summed E-state index contributed by atoms with van der Waals surface area (Å²) in [6.07, 6.45) is 2.45. The maximum atomic E-state index is 5.45. The van der Waals surface area contributed by atoms with E-state index in [-0.39, 0.29) is 6.04 Å². The molecule has 108 valence electrons. The van der Waals surface area contributed by atoms with Crippen molar-refractivity contribution < 1.29 is 0 Å². The van der Waals surface area contributed by atoms with Crippen molar-refractivity contribution in [2.24, 2.45) is 0 Å². The van der Waals surface area contributed by atoms with Crippen LogP contribution in [0, 0.1) is 6.92 Å². The van der Waals surface area contributed by atoms with Gasteiger partial charge in [-0.2, -0.15) is 0 Å².